The number of likely N-dealkylation sites (tertiary alicyclic amines) is 2. The Kier molecular flexibility index (Phi) is 6.09. The number of benzene rings is 2. The number of aliphatic hydroxyl groups is 1. The number of amides is 3. The van der Waals surface area contributed by atoms with Crippen molar-refractivity contribution in [1.29, 1.82) is 0 Å². The van der Waals surface area contributed by atoms with Gasteiger partial charge in [-0.2, -0.15) is 13.2 Å². The van der Waals surface area contributed by atoms with E-state index in [0.29, 0.717) is 37.1 Å². The summed E-state index contributed by atoms with van der Waals surface area (Å²) in [6, 6.07) is 11.0. The maximum absolute atomic E-state index is 13.9. The Hall–Kier alpha value is -2.95. The maximum atomic E-state index is 13.9. The number of fused-ring (bicyclic) bond motifs is 1. The van der Waals surface area contributed by atoms with E-state index in [0.717, 1.165) is 17.0 Å². The summed E-state index contributed by atoms with van der Waals surface area (Å²) >= 11 is 5.82. The molecule has 2 saturated heterocycles. The highest BCUT2D eigenvalue weighted by Gasteiger charge is 2.62. The fraction of sp³-hybridized carbons (Fsp3) is 0.400. The van der Waals surface area contributed by atoms with Crippen LogP contribution in [0.3, 0.4) is 0 Å². The Morgan fingerprint density at radius 1 is 0.917 bits per heavy atom. The zero-order valence-electron chi connectivity index (χ0n) is 19.0. The van der Waals surface area contributed by atoms with Crippen LogP contribution in [0.5, 0.6) is 0 Å². The molecule has 0 aliphatic carbocycles. The third-order valence-electron chi connectivity index (χ3n) is 7.31. The second kappa shape index (κ2) is 8.86. The summed E-state index contributed by atoms with van der Waals surface area (Å²) in [5.41, 5.74) is -3.53. The Morgan fingerprint density at radius 2 is 1.50 bits per heavy atom. The Balaban J connectivity index is 1.21. The molecule has 1 unspecified atom stereocenters. The van der Waals surface area contributed by atoms with Gasteiger partial charge in [-0.1, -0.05) is 35.9 Å². The van der Waals surface area contributed by atoms with Gasteiger partial charge >= 0.3 is 6.18 Å². The van der Waals surface area contributed by atoms with Crippen LogP contribution in [-0.4, -0.2) is 82.0 Å². The summed E-state index contributed by atoms with van der Waals surface area (Å²) in [5.74, 6) is -2.05. The molecule has 0 radical (unpaired) electrons. The highest BCUT2D eigenvalue weighted by atomic mass is 35.5. The van der Waals surface area contributed by atoms with Crippen LogP contribution in [0.4, 0.5) is 13.2 Å². The van der Waals surface area contributed by atoms with Crippen LogP contribution < -0.4 is 0 Å². The second-order valence-corrected chi connectivity index (χ2v) is 9.81. The molecule has 0 aromatic heterocycles. The average Bonchev–Trinajstić information content (AvgIpc) is 3.07. The number of carbonyl (C=O) groups is 3. The van der Waals surface area contributed by atoms with Gasteiger partial charge in [0.1, 0.15) is 0 Å². The van der Waals surface area contributed by atoms with Crippen LogP contribution in [0, 0.1) is 0 Å². The zero-order chi connectivity index (χ0) is 25.8. The van der Waals surface area contributed by atoms with Crippen molar-refractivity contribution in [1.82, 2.24) is 14.7 Å². The molecule has 7 nitrogen and oxygen atoms in total. The number of hydrogen-bond donors (Lipinski definition) is 1. The number of nitrogens with zero attached hydrogens (tertiary/aromatic N) is 3. The summed E-state index contributed by atoms with van der Waals surface area (Å²) in [6.45, 7) is 1.02. The number of rotatable bonds is 4. The number of piperidine rings is 1. The summed E-state index contributed by atoms with van der Waals surface area (Å²) in [5, 5.41) is 10.6. The molecule has 3 heterocycles. The Bertz CT molecular complexity index is 1190. The molecule has 0 bridgehead atoms. The molecule has 0 spiro atoms. The van der Waals surface area contributed by atoms with Crippen molar-refractivity contribution >= 4 is 29.3 Å². The van der Waals surface area contributed by atoms with Crippen molar-refractivity contribution in [2.45, 2.75) is 36.7 Å². The first-order chi connectivity index (χ1) is 17.0. The summed E-state index contributed by atoms with van der Waals surface area (Å²) in [7, 11) is 0. The van der Waals surface area contributed by atoms with E-state index in [1.54, 1.807) is 24.3 Å². The Labute approximate surface area is 210 Å². The van der Waals surface area contributed by atoms with E-state index in [1.165, 1.54) is 17.0 Å². The lowest BCUT2D eigenvalue weighted by atomic mass is 9.89. The first-order valence-corrected chi connectivity index (χ1v) is 12.0. The van der Waals surface area contributed by atoms with Crippen LogP contribution in [0.1, 0.15) is 39.1 Å². The minimum atomic E-state index is -5.23. The van der Waals surface area contributed by atoms with Crippen molar-refractivity contribution < 1.29 is 32.7 Å². The monoisotopic (exact) mass is 521 g/mol. The normalized spacial score (nSPS) is 21.4. The largest absolute Gasteiger partial charge is 0.430 e. The van der Waals surface area contributed by atoms with Gasteiger partial charge in [-0.15, -0.1) is 0 Å². The van der Waals surface area contributed by atoms with Crippen molar-refractivity contribution in [2.24, 2.45) is 0 Å². The van der Waals surface area contributed by atoms with E-state index in [4.69, 9.17) is 11.6 Å². The van der Waals surface area contributed by atoms with E-state index in [2.05, 4.69) is 4.90 Å². The quantitative estimate of drug-likeness (QED) is 0.626. The number of hydrogen-bond acceptors (Lipinski definition) is 5. The smallest absolute Gasteiger partial charge is 0.368 e. The zero-order valence-corrected chi connectivity index (χ0v) is 19.8. The van der Waals surface area contributed by atoms with Gasteiger partial charge < -0.3 is 10.0 Å². The highest BCUT2D eigenvalue weighted by Crippen LogP contribution is 2.42. The van der Waals surface area contributed by atoms with Crippen molar-refractivity contribution in [2.75, 3.05) is 26.2 Å². The molecular weight excluding hydrogens is 499 g/mol. The first kappa shape index (κ1) is 24.7. The average molecular weight is 522 g/mol. The maximum Gasteiger partial charge on any atom is 0.430 e. The van der Waals surface area contributed by atoms with Gasteiger partial charge in [0, 0.05) is 42.8 Å². The van der Waals surface area contributed by atoms with Gasteiger partial charge in [0.25, 0.3) is 23.3 Å². The van der Waals surface area contributed by atoms with Crippen molar-refractivity contribution in [3.8, 4) is 0 Å². The molecule has 2 aromatic carbocycles. The van der Waals surface area contributed by atoms with E-state index in [9.17, 15) is 32.7 Å². The van der Waals surface area contributed by atoms with E-state index in [-0.39, 0.29) is 42.0 Å². The second-order valence-electron chi connectivity index (χ2n) is 9.38. The molecule has 190 valence electrons. The topological polar surface area (TPSA) is 81.2 Å². The molecule has 5 rings (SSSR count). The van der Waals surface area contributed by atoms with Crippen molar-refractivity contribution in [3.05, 3.63) is 70.2 Å². The third kappa shape index (κ3) is 3.88. The van der Waals surface area contributed by atoms with Crippen LogP contribution in [0.25, 0.3) is 0 Å². The Morgan fingerprint density at radius 3 is 2.03 bits per heavy atom. The molecule has 36 heavy (non-hydrogen) atoms. The van der Waals surface area contributed by atoms with Crippen LogP contribution >= 0.6 is 11.6 Å². The summed E-state index contributed by atoms with van der Waals surface area (Å²) < 4.78 is 41.8. The number of alkyl halides is 3. The standard InChI is InChI=1S/C25H23ClF3N3O4/c26-16-5-3-4-15(12-16)24(36,25(27,28)29)23(35)30-10-8-17(9-11-30)31-13-18(14-31)32-21(33)19-6-1-2-7-20(19)22(32)34/h1-7,12,17-18,36H,8-11,13-14H2. The minimum Gasteiger partial charge on any atom is -0.368 e. The molecule has 0 saturated carbocycles. The molecule has 2 aromatic rings. The van der Waals surface area contributed by atoms with Gasteiger partial charge in [0.2, 0.25) is 0 Å². The van der Waals surface area contributed by atoms with Gasteiger partial charge in [0.15, 0.2) is 0 Å². The van der Waals surface area contributed by atoms with Gasteiger partial charge in [-0.25, -0.2) is 0 Å². The lowest BCUT2D eigenvalue weighted by Crippen LogP contribution is -2.65. The number of carbonyl (C=O) groups excluding carboxylic acids is 3. The molecule has 2 fully saturated rings. The van der Waals surface area contributed by atoms with Crippen LogP contribution in [-0.2, 0) is 10.4 Å². The third-order valence-corrected chi connectivity index (χ3v) is 7.55. The molecule has 1 N–H and O–H groups in total. The molecule has 11 heteroatoms. The van der Waals surface area contributed by atoms with Crippen LogP contribution in [0.15, 0.2) is 48.5 Å². The van der Waals surface area contributed by atoms with E-state index in [1.807, 2.05) is 0 Å². The molecule has 1 atom stereocenters. The first-order valence-electron chi connectivity index (χ1n) is 11.6. The molecule has 3 aliphatic rings. The lowest BCUT2D eigenvalue weighted by molar-refractivity contribution is -0.262. The SMILES string of the molecule is O=C1c2ccccc2C(=O)N1C1CN(C2CCN(C(=O)C(O)(c3cccc(Cl)c3)C(F)(F)F)CC2)C1. The van der Waals surface area contributed by atoms with Crippen molar-refractivity contribution in [3.63, 3.8) is 0 Å². The summed E-state index contributed by atoms with van der Waals surface area (Å²) in [4.78, 5) is 42.7. The lowest BCUT2D eigenvalue weighted by Gasteiger charge is -2.49. The van der Waals surface area contributed by atoms with Crippen LogP contribution in [0.2, 0.25) is 5.02 Å². The fourth-order valence-corrected chi connectivity index (χ4v) is 5.46. The van der Waals surface area contributed by atoms with E-state index >= 15 is 0 Å². The molecule has 3 amide bonds. The summed E-state index contributed by atoms with van der Waals surface area (Å²) in [6.07, 6.45) is -4.42. The van der Waals surface area contributed by atoms with Gasteiger partial charge in [-0.3, -0.25) is 24.2 Å². The molecular formula is C25H23ClF3N3O4. The van der Waals surface area contributed by atoms with E-state index < -0.39 is 23.2 Å². The predicted octanol–water partition coefficient (Wildman–Crippen LogP) is 3.06. The fourth-order valence-electron chi connectivity index (χ4n) is 5.27. The molecule has 3 aliphatic heterocycles. The highest BCUT2D eigenvalue weighted by molar-refractivity contribution is 6.30. The predicted molar refractivity (Wildman–Crippen MR) is 123 cm³/mol. The minimum absolute atomic E-state index is 0.00867. The number of halogens is 4. The van der Waals surface area contributed by atoms with Gasteiger partial charge in [0.05, 0.1) is 17.2 Å². The van der Waals surface area contributed by atoms with Gasteiger partial charge in [-0.05, 0) is 37.1 Å². The number of imide groups is 1.